The van der Waals surface area contributed by atoms with Gasteiger partial charge in [0.25, 0.3) is 0 Å². The minimum absolute atomic E-state index is 0.304. The number of guanidine groups is 1. The number of nitrogens with zero attached hydrogens (tertiary/aromatic N) is 3. The molecule has 30 heavy (non-hydrogen) atoms. The molecule has 2 aliphatic heterocycles. The molecule has 2 unspecified atom stereocenters. The van der Waals surface area contributed by atoms with E-state index in [0.717, 1.165) is 58.3 Å². The quantitative estimate of drug-likeness (QED) is 0.569. The van der Waals surface area contributed by atoms with Crippen molar-refractivity contribution < 1.29 is 4.74 Å². The van der Waals surface area contributed by atoms with E-state index in [2.05, 4.69) is 86.1 Å². The lowest BCUT2D eigenvalue weighted by molar-refractivity contribution is 0.0170. The van der Waals surface area contributed by atoms with Crippen LogP contribution in [0.5, 0.6) is 0 Å². The molecule has 0 saturated carbocycles. The van der Waals surface area contributed by atoms with E-state index < -0.39 is 0 Å². The number of hydrogen-bond acceptors (Lipinski definition) is 4. The fourth-order valence-corrected chi connectivity index (χ4v) is 4.35. The maximum atomic E-state index is 5.56. The number of ether oxygens (including phenoxy) is 1. The Kier molecular flexibility index (Phi) is 7.21. The van der Waals surface area contributed by atoms with Crippen LogP contribution in [0.15, 0.2) is 65.7 Å². The molecule has 6 heteroatoms. The predicted octanol–water partition coefficient (Wildman–Crippen LogP) is 2.50. The molecule has 2 fully saturated rings. The molecule has 0 aromatic heterocycles. The van der Waals surface area contributed by atoms with E-state index in [1.165, 1.54) is 11.3 Å². The second-order valence-corrected chi connectivity index (χ2v) is 7.94. The van der Waals surface area contributed by atoms with Gasteiger partial charge < -0.3 is 20.3 Å². The van der Waals surface area contributed by atoms with Crippen molar-refractivity contribution >= 4 is 11.6 Å². The van der Waals surface area contributed by atoms with Crippen LogP contribution in [0.3, 0.4) is 0 Å². The summed E-state index contributed by atoms with van der Waals surface area (Å²) in [5.74, 6) is 0.879. The molecule has 0 spiro atoms. The largest absolute Gasteiger partial charge is 0.379 e. The van der Waals surface area contributed by atoms with Crippen LogP contribution in [0.1, 0.15) is 18.0 Å². The van der Waals surface area contributed by atoms with Crippen LogP contribution < -0.4 is 15.5 Å². The summed E-state index contributed by atoms with van der Waals surface area (Å²) >= 11 is 0. The molecule has 2 aromatic rings. The lowest BCUT2D eigenvalue weighted by Gasteiger charge is -2.35. The van der Waals surface area contributed by atoms with Crippen LogP contribution in [0, 0.1) is 0 Å². The Morgan fingerprint density at radius 1 is 1.03 bits per heavy atom. The molecule has 2 aromatic carbocycles. The zero-order chi connectivity index (χ0) is 20.6. The Hall–Kier alpha value is -2.57. The Bertz CT molecular complexity index is 792. The first-order chi connectivity index (χ1) is 14.8. The van der Waals surface area contributed by atoms with Gasteiger partial charge in [-0.2, -0.15) is 0 Å². The van der Waals surface area contributed by atoms with Gasteiger partial charge in [0.15, 0.2) is 5.96 Å². The first-order valence-corrected chi connectivity index (χ1v) is 11.0. The third kappa shape index (κ3) is 5.32. The van der Waals surface area contributed by atoms with Crippen molar-refractivity contribution in [2.24, 2.45) is 4.99 Å². The van der Waals surface area contributed by atoms with Crippen LogP contribution in [0.2, 0.25) is 0 Å². The van der Waals surface area contributed by atoms with Crippen molar-refractivity contribution in [3.63, 3.8) is 0 Å². The summed E-state index contributed by atoms with van der Waals surface area (Å²) < 4.78 is 5.56. The number of nitrogens with one attached hydrogen (secondary N) is 2. The highest BCUT2D eigenvalue weighted by molar-refractivity contribution is 5.80. The molecule has 0 radical (unpaired) electrons. The first kappa shape index (κ1) is 20.7. The summed E-state index contributed by atoms with van der Waals surface area (Å²) in [5.41, 5.74) is 2.62. The average Bonchev–Trinajstić information content (AvgIpc) is 3.29. The van der Waals surface area contributed by atoms with Crippen molar-refractivity contribution in [3.8, 4) is 0 Å². The Morgan fingerprint density at radius 2 is 1.73 bits per heavy atom. The zero-order valence-corrected chi connectivity index (χ0v) is 17.8. The molecule has 2 N–H and O–H groups in total. The summed E-state index contributed by atoms with van der Waals surface area (Å²) in [6.45, 7) is 6.40. The summed E-state index contributed by atoms with van der Waals surface area (Å²) in [6, 6.07) is 22.1. The standard InChI is InChI=1S/C24H33N5O/c1-25-24(27-21-12-13-29(19-21)22-10-6-3-7-11-22)26-18-23(20-8-4-2-5-9-20)28-14-16-30-17-15-28/h2-11,21,23H,12-19H2,1H3,(H2,25,26,27). The molecule has 6 nitrogen and oxygen atoms in total. The smallest absolute Gasteiger partial charge is 0.191 e. The fourth-order valence-electron chi connectivity index (χ4n) is 4.35. The second-order valence-electron chi connectivity index (χ2n) is 7.94. The number of hydrogen-bond donors (Lipinski definition) is 2. The molecule has 2 atom stereocenters. The topological polar surface area (TPSA) is 52.1 Å². The minimum atomic E-state index is 0.304. The number of anilines is 1. The fraction of sp³-hybridized carbons (Fsp3) is 0.458. The molecule has 2 saturated heterocycles. The van der Waals surface area contributed by atoms with Gasteiger partial charge in [-0.05, 0) is 24.1 Å². The Morgan fingerprint density at radius 3 is 2.43 bits per heavy atom. The number of morpholine rings is 1. The Labute approximate surface area is 179 Å². The monoisotopic (exact) mass is 407 g/mol. The molecule has 160 valence electrons. The van der Waals surface area contributed by atoms with E-state index in [4.69, 9.17) is 4.74 Å². The van der Waals surface area contributed by atoms with Crippen molar-refractivity contribution in [2.45, 2.75) is 18.5 Å². The lowest BCUT2D eigenvalue weighted by Crippen LogP contribution is -2.48. The highest BCUT2D eigenvalue weighted by atomic mass is 16.5. The maximum Gasteiger partial charge on any atom is 0.191 e. The minimum Gasteiger partial charge on any atom is -0.379 e. The van der Waals surface area contributed by atoms with Gasteiger partial charge in [0.05, 0.1) is 19.3 Å². The van der Waals surface area contributed by atoms with E-state index in [0.29, 0.717) is 12.1 Å². The molecule has 4 rings (SSSR count). The zero-order valence-electron chi connectivity index (χ0n) is 17.8. The van der Waals surface area contributed by atoms with Gasteiger partial charge in [0, 0.05) is 51.5 Å². The van der Waals surface area contributed by atoms with Crippen molar-refractivity contribution in [3.05, 3.63) is 66.2 Å². The Balaban J connectivity index is 1.34. The molecule has 2 heterocycles. The molecular formula is C24H33N5O. The summed E-state index contributed by atoms with van der Waals surface area (Å²) in [7, 11) is 1.85. The SMILES string of the molecule is CN=C(NCC(c1ccccc1)N1CCOCC1)NC1CCN(c2ccccc2)C1. The van der Waals surface area contributed by atoms with Crippen LogP contribution >= 0.6 is 0 Å². The summed E-state index contributed by atoms with van der Waals surface area (Å²) in [4.78, 5) is 9.43. The van der Waals surface area contributed by atoms with Crippen LogP contribution in [0.4, 0.5) is 5.69 Å². The average molecular weight is 408 g/mol. The molecule has 0 aliphatic carbocycles. The number of rotatable bonds is 6. The van der Waals surface area contributed by atoms with Gasteiger partial charge in [0.1, 0.15) is 0 Å². The normalized spacial score (nSPS) is 21.4. The van der Waals surface area contributed by atoms with E-state index >= 15 is 0 Å². The lowest BCUT2D eigenvalue weighted by atomic mass is 10.0. The van der Waals surface area contributed by atoms with Crippen molar-refractivity contribution in [1.82, 2.24) is 15.5 Å². The maximum absolute atomic E-state index is 5.56. The number of para-hydroxylation sites is 1. The highest BCUT2D eigenvalue weighted by Crippen LogP contribution is 2.22. The van der Waals surface area contributed by atoms with E-state index in [9.17, 15) is 0 Å². The molecule has 0 bridgehead atoms. The van der Waals surface area contributed by atoms with Gasteiger partial charge in [-0.25, -0.2) is 0 Å². The van der Waals surface area contributed by atoms with Gasteiger partial charge in [0.2, 0.25) is 0 Å². The van der Waals surface area contributed by atoms with Gasteiger partial charge in [-0.15, -0.1) is 0 Å². The predicted molar refractivity (Wildman–Crippen MR) is 123 cm³/mol. The van der Waals surface area contributed by atoms with Gasteiger partial charge in [-0.1, -0.05) is 48.5 Å². The number of aliphatic imine (C=N–C) groups is 1. The van der Waals surface area contributed by atoms with Crippen molar-refractivity contribution in [2.75, 3.05) is 57.9 Å². The third-order valence-corrected chi connectivity index (χ3v) is 6.01. The number of benzene rings is 2. The first-order valence-electron chi connectivity index (χ1n) is 11.0. The second kappa shape index (κ2) is 10.5. The summed E-state index contributed by atoms with van der Waals surface area (Å²) in [5, 5.41) is 7.21. The van der Waals surface area contributed by atoms with Gasteiger partial charge in [-0.3, -0.25) is 9.89 Å². The van der Waals surface area contributed by atoms with Crippen LogP contribution in [-0.4, -0.2) is 69.9 Å². The van der Waals surface area contributed by atoms with Crippen LogP contribution in [0.25, 0.3) is 0 Å². The van der Waals surface area contributed by atoms with Crippen molar-refractivity contribution in [1.29, 1.82) is 0 Å². The van der Waals surface area contributed by atoms with Crippen LogP contribution in [-0.2, 0) is 4.74 Å². The highest BCUT2D eigenvalue weighted by Gasteiger charge is 2.25. The van der Waals surface area contributed by atoms with E-state index in [-0.39, 0.29) is 0 Å². The summed E-state index contributed by atoms with van der Waals surface area (Å²) in [6.07, 6.45) is 1.11. The van der Waals surface area contributed by atoms with Gasteiger partial charge >= 0.3 is 0 Å². The van der Waals surface area contributed by atoms with E-state index in [1.807, 2.05) is 7.05 Å². The molecular weight excluding hydrogens is 374 g/mol. The third-order valence-electron chi connectivity index (χ3n) is 6.01. The molecule has 2 aliphatic rings. The molecule has 0 amide bonds. The van der Waals surface area contributed by atoms with E-state index in [1.54, 1.807) is 0 Å².